The SMILES string of the molecule is C=N/C(=C\C=C/CC1CCN(CCNc2ccc(C(=O)Nc3cc(C)c(NC)c(C(=C)C)c3C)cc2N=C)CC1)OCc1ccc(Cl)cc1F. The predicted octanol–water partition coefficient (Wildman–Crippen LogP) is 9.58. The second-order valence-electron chi connectivity index (χ2n) is 12.6. The normalized spacial score (nSPS) is 14.0. The number of piperidine rings is 1. The van der Waals surface area contributed by atoms with E-state index in [4.69, 9.17) is 16.3 Å². The van der Waals surface area contributed by atoms with Crippen LogP contribution >= 0.6 is 11.6 Å². The lowest BCUT2D eigenvalue weighted by atomic mass is 9.93. The Labute approximate surface area is 300 Å². The lowest BCUT2D eigenvalue weighted by Gasteiger charge is -2.31. The van der Waals surface area contributed by atoms with Crippen LogP contribution in [0.4, 0.5) is 27.1 Å². The molecule has 264 valence electrons. The van der Waals surface area contributed by atoms with Crippen LogP contribution in [0, 0.1) is 25.6 Å². The fourth-order valence-electron chi connectivity index (χ4n) is 6.20. The maximum Gasteiger partial charge on any atom is 0.255 e. The summed E-state index contributed by atoms with van der Waals surface area (Å²) in [7, 11) is 1.89. The summed E-state index contributed by atoms with van der Waals surface area (Å²) in [4.78, 5) is 23.8. The first-order chi connectivity index (χ1) is 24.0. The number of nitrogens with one attached hydrogen (secondary N) is 3. The third-order valence-electron chi connectivity index (χ3n) is 8.98. The molecule has 0 spiro atoms. The molecule has 10 heteroatoms. The van der Waals surface area contributed by atoms with Gasteiger partial charge in [0.25, 0.3) is 5.91 Å². The summed E-state index contributed by atoms with van der Waals surface area (Å²) in [6.45, 7) is 21.2. The van der Waals surface area contributed by atoms with Crippen molar-refractivity contribution in [1.82, 2.24) is 4.90 Å². The van der Waals surface area contributed by atoms with Gasteiger partial charge in [0.2, 0.25) is 5.88 Å². The molecule has 0 saturated carbocycles. The van der Waals surface area contributed by atoms with Crippen molar-refractivity contribution in [3.8, 4) is 0 Å². The Kier molecular flexibility index (Phi) is 13.9. The lowest BCUT2D eigenvalue weighted by molar-refractivity contribution is 0.102. The summed E-state index contributed by atoms with van der Waals surface area (Å²) in [5, 5.41) is 10.2. The number of carbonyl (C=O) groups excluding carboxylic acids is 1. The number of allylic oxidation sites excluding steroid dienone is 4. The summed E-state index contributed by atoms with van der Waals surface area (Å²) >= 11 is 5.82. The molecular formula is C40H48ClFN6O2. The van der Waals surface area contributed by atoms with Gasteiger partial charge >= 0.3 is 0 Å². The van der Waals surface area contributed by atoms with Gasteiger partial charge in [-0.2, -0.15) is 0 Å². The molecule has 1 heterocycles. The van der Waals surface area contributed by atoms with Crippen molar-refractivity contribution >= 4 is 59.3 Å². The Balaban J connectivity index is 1.22. The number of likely N-dealkylation sites (tertiary alicyclic amines) is 1. The zero-order valence-electron chi connectivity index (χ0n) is 29.5. The quantitative estimate of drug-likeness (QED) is 0.0788. The van der Waals surface area contributed by atoms with Crippen molar-refractivity contribution in [2.75, 3.05) is 49.2 Å². The number of benzene rings is 3. The van der Waals surface area contributed by atoms with E-state index in [0.717, 1.165) is 84.8 Å². The number of anilines is 3. The molecular weight excluding hydrogens is 651 g/mol. The predicted molar refractivity (Wildman–Crippen MR) is 209 cm³/mol. The van der Waals surface area contributed by atoms with Crippen LogP contribution in [0.5, 0.6) is 0 Å². The topological polar surface area (TPSA) is 90.4 Å². The smallest absolute Gasteiger partial charge is 0.255 e. The van der Waals surface area contributed by atoms with Gasteiger partial charge in [0, 0.05) is 53.2 Å². The van der Waals surface area contributed by atoms with Gasteiger partial charge in [0.15, 0.2) is 0 Å². The molecule has 1 saturated heterocycles. The summed E-state index contributed by atoms with van der Waals surface area (Å²) in [5.74, 6) is 0.316. The van der Waals surface area contributed by atoms with E-state index in [1.165, 1.54) is 6.07 Å². The van der Waals surface area contributed by atoms with Crippen molar-refractivity contribution in [3.63, 3.8) is 0 Å². The number of carbonyl (C=O) groups is 1. The molecule has 3 N–H and O–H groups in total. The molecule has 50 heavy (non-hydrogen) atoms. The minimum absolute atomic E-state index is 0.0481. The van der Waals surface area contributed by atoms with Crippen LogP contribution in [-0.2, 0) is 11.3 Å². The van der Waals surface area contributed by atoms with Gasteiger partial charge < -0.3 is 25.6 Å². The van der Waals surface area contributed by atoms with Crippen molar-refractivity contribution in [2.45, 2.75) is 46.6 Å². The van der Waals surface area contributed by atoms with Crippen LogP contribution < -0.4 is 16.0 Å². The van der Waals surface area contributed by atoms with E-state index in [1.807, 2.05) is 52.1 Å². The van der Waals surface area contributed by atoms with E-state index in [-0.39, 0.29) is 12.5 Å². The number of amides is 1. The highest BCUT2D eigenvalue weighted by molar-refractivity contribution is 6.30. The van der Waals surface area contributed by atoms with Crippen LogP contribution in [0.2, 0.25) is 5.02 Å². The van der Waals surface area contributed by atoms with Gasteiger partial charge in [-0.3, -0.25) is 9.79 Å². The molecule has 0 unspecified atom stereocenters. The number of hydrogen-bond donors (Lipinski definition) is 3. The first-order valence-corrected chi connectivity index (χ1v) is 17.2. The number of aliphatic imine (C=N–C) groups is 2. The number of hydrogen-bond acceptors (Lipinski definition) is 7. The molecule has 3 aromatic rings. The van der Waals surface area contributed by atoms with E-state index >= 15 is 0 Å². The summed E-state index contributed by atoms with van der Waals surface area (Å²) < 4.78 is 19.6. The Hall–Kier alpha value is -4.73. The lowest BCUT2D eigenvalue weighted by Crippen LogP contribution is -2.36. The summed E-state index contributed by atoms with van der Waals surface area (Å²) in [5.41, 5.74) is 8.10. The Morgan fingerprint density at radius 2 is 1.88 bits per heavy atom. The van der Waals surface area contributed by atoms with Crippen LogP contribution in [0.15, 0.2) is 83.1 Å². The zero-order chi connectivity index (χ0) is 36.2. The van der Waals surface area contributed by atoms with Crippen LogP contribution in [0.3, 0.4) is 0 Å². The van der Waals surface area contributed by atoms with Gasteiger partial charge in [-0.25, -0.2) is 9.38 Å². The van der Waals surface area contributed by atoms with Crippen LogP contribution in [0.1, 0.15) is 58.8 Å². The molecule has 1 fully saturated rings. The summed E-state index contributed by atoms with van der Waals surface area (Å²) in [6.07, 6.45) is 8.97. The minimum atomic E-state index is -0.414. The van der Waals surface area contributed by atoms with E-state index in [9.17, 15) is 9.18 Å². The number of ether oxygens (including phenoxy) is 1. The minimum Gasteiger partial charge on any atom is -0.473 e. The highest BCUT2D eigenvalue weighted by Gasteiger charge is 2.19. The number of rotatable bonds is 16. The molecule has 3 aromatic carbocycles. The van der Waals surface area contributed by atoms with Crippen LogP contribution in [0.25, 0.3) is 5.57 Å². The monoisotopic (exact) mass is 698 g/mol. The molecule has 1 aliphatic heterocycles. The highest BCUT2D eigenvalue weighted by atomic mass is 35.5. The number of aryl methyl sites for hydroxylation is 1. The van der Waals surface area contributed by atoms with Gasteiger partial charge in [0.1, 0.15) is 12.4 Å². The zero-order valence-corrected chi connectivity index (χ0v) is 30.3. The third-order valence-corrected chi connectivity index (χ3v) is 9.22. The second-order valence-corrected chi connectivity index (χ2v) is 13.0. The average Bonchev–Trinajstić information content (AvgIpc) is 3.10. The van der Waals surface area contributed by atoms with Gasteiger partial charge in [-0.1, -0.05) is 36.4 Å². The number of nitrogens with zero attached hydrogens (tertiary/aromatic N) is 3. The fourth-order valence-corrected chi connectivity index (χ4v) is 6.36. The Morgan fingerprint density at radius 3 is 2.54 bits per heavy atom. The molecule has 0 radical (unpaired) electrons. The molecule has 0 bridgehead atoms. The van der Waals surface area contributed by atoms with Gasteiger partial charge in [0.05, 0.1) is 11.4 Å². The largest absolute Gasteiger partial charge is 0.473 e. The van der Waals surface area contributed by atoms with E-state index in [2.05, 4.69) is 56.9 Å². The fraction of sp³-hybridized carbons (Fsp3) is 0.325. The maximum absolute atomic E-state index is 14.0. The summed E-state index contributed by atoms with van der Waals surface area (Å²) in [6, 6.07) is 11.9. The van der Waals surface area contributed by atoms with Crippen molar-refractivity contribution < 1.29 is 13.9 Å². The van der Waals surface area contributed by atoms with Crippen LogP contribution in [-0.4, -0.2) is 57.5 Å². The standard InChI is InChI=1S/C40H48ClFN6O2/c1-26(2)38-28(4)35(22-27(3)39(38)45-7)47-40(49)30-13-15-34(36(23-30)43-5)46-18-21-48-19-16-29(17-20-48)10-8-9-11-37(44-6)50-25-31-12-14-32(41)24-33(31)42/h8-9,11-15,22-24,29,45-46H,1,5-6,10,16-21,25H2,2-4,7H3,(H,47,49)/b9-8-,37-11+. The van der Waals surface area contributed by atoms with E-state index in [0.29, 0.717) is 33.6 Å². The average molecular weight is 699 g/mol. The van der Waals surface area contributed by atoms with Gasteiger partial charge in [-0.15, -0.1) is 0 Å². The van der Waals surface area contributed by atoms with Gasteiger partial charge in [-0.05, 0) is 132 Å². The Bertz CT molecular complexity index is 1780. The third kappa shape index (κ3) is 10.2. The second kappa shape index (κ2) is 18.3. The molecule has 0 aliphatic carbocycles. The number of halogens is 2. The maximum atomic E-state index is 14.0. The van der Waals surface area contributed by atoms with Crippen molar-refractivity contribution in [2.24, 2.45) is 15.9 Å². The molecule has 4 rings (SSSR count). The molecule has 0 atom stereocenters. The van der Waals surface area contributed by atoms with Crippen molar-refractivity contribution in [1.29, 1.82) is 0 Å². The van der Waals surface area contributed by atoms with E-state index in [1.54, 1.807) is 24.3 Å². The Morgan fingerprint density at radius 1 is 1.12 bits per heavy atom. The molecule has 8 nitrogen and oxygen atoms in total. The first-order valence-electron chi connectivity index (χ1n) is 16.8. The molecule has 1 amide bonds. The molecule has 1 aliphatic rings. The van der Waals surface area contributed by atoms with E-state index < -0.39 is 5.82 Å². The highest BCUT2D eigenvalue weighted by Crippen LogP contribution is 2.35. The molecule has 0 aromatic heterocycles. The first kappa shape index (κ1) is 38.1. The van der Waals surface area contributed by atoms with Crippen molar-refractivity contribution in [3.05, 3.63) is 112 Å².